The molecule has 25 heavy (non-hydrogen) atoms. The van der Waals surface area contributed by atoms with Crippen molar-refractivity contribution in [3.63, 3.8) is 0 Å². The van der Waals surface area contributed by atoms with E-state index in [0.29, 0.717) is 24.8 Å². The number of hydrogen-bond donors (Lipinski definition) is 0. The number of amides is 1. The number of rotatable bonds is 8. The molecule has 1 aliphatic rings. The Bertz CT molecular complexity index is 678. The van der Waals surface area contributed by atoms with Crippen LogP contribution in [0.15, 0.2) is 24.3 Å². The summed E-state index contributed by atoms with van der Waals surface area (Å²) in [5, 5.41) is 0. The Kier molecular flexibility index (Phi) is 6.87. The van der Waals surface area contributed by atoms with Crippen LogP contribution >= 0.6 is 0 Å². The van der Waals surface area contributed by atoms with Crippen LogP contribution in [0.25, 0.3) is 0 Å². The molecule has 0 saturated heterocycles. The van der Waals surface area contributed by atoms with Crippen molar-refractivity contribution in [1.82, 2.24) is 4.90 Å². The van der Waals surface area contributed by atoms with Gasteiger partial charge in [0.25, 0.3) is 0 Å². The monoisotopic (exact) mass is 367 g/mol. The Morgan fingerprint density at radius 2 is 1.96 bits per heavy atom. The van der Waals surface area contributed by atoms with Gasteiger partial charge >= 0.3 is 10.1 Å². The molecular weight excluding hydrogens is 338 g/mol. The second-order valence-corrected chi connectivity index (χ2v) is 9.03. The van der Waals surface area contributed by atoms with Crippen molar-refractivity contribution in [2.24, 2.45) is 11.8 Å². The molecule has 5 nitrogen and oxygen atoms in total. The van der Waals surface area contributed by atoms with Crippen LogP contribution in [0.1, 0.15) is 52.0 Å². The zero-order chi connectivity index (χ0) is 18.4. The van der Waals surface area contributed by atoms with Crippen molar-refractivity contribution < 1.29 is 17.4 Å². The maximum atomic E-state index is 12.8. The van der Waals surface area contributed by atoms with Crippen LogP contribution in [0.5, 0.6) is 5.75 Å². The highest BCUT2D eigenvalue weighted by Crippen LogP contribution is 2.28. The van der Waals surface area contributed by atoms with Crippen LogP contribution in [0.4, 0.5) is 0 Å². The van der Waals surface area contributed by atoms with Gasteiger partial charge in [0.2, 0.25) is 5.91 Å². The zero-order valence-electron chi connectivity index (χ0n) is 15.4. The molecule has 1 fully saturated rings. The van der Waals surface area contributed by atoms with Gasteiger partial charge in [-0.05, 0) is 43.4 Å². The Hall–Kier alpha value is -1.56. The van der Waals surface area contributed by atoms with E-state index in [1.165, 1.54) is 0 Å². The molecule has 0 radical (unpaired) electrons. The topological polar surface area (TPSA) is 63.7 Å². The van der Waals surface area contributed by atoms with E-state index < -0.39 is 10.1 Å². The molecule has 1 amide bonds. The van der Waals surface area contributed by atoms with Gasteiger partial charge in [-0.15, -0.1) is 0 Å². The number of hydrogen-bond acceptors (Lipinski definition) is 4. The molecule has 0 atom stereocenters. The average molecular weight is 368 g/mol. The second kappa shape index (κ2) is 8.70. The van der Waals surface area contributed by atoms with Crippen LogP contribution in [0.3, 0.4) is 0 Å². The molecule has 140 valence electrons. The van der Waals surface area contributed by atoms with Gasteiger partial charge in [0.15, 0.2) is 0 Å². The van der Waals surface area contributed by atoms with Crippen molar-refractivity contribution in [3.05, 3.63) is 29.8 Å². The summed E-state index contributed by atoms with van der Waals surface area (Å²) in [6, 6.07) is 7.01. The quantitative estimate of drug-likeness (QED) is 0.659. The average Bonchev–Trinajstić information content (AvgIpc) is 3.07. The minimum absolute atomic E-state index is 0.0726. The van der Waals surface area contributed by atoms with Gasteiger partial charge in [-0.1, -0.05) is 38.8 Å². The van der Waals surface area contributed by atoms with E-state index in [4.69, 9.17) is 4.18 Å². The predicted octanol–water partition coefficient (Wildman–Crippen LogP) is 3.59. The van der Waals surface area contributed by atoms with E-state index in [1.807, 2.05) is 11.0 Å². The third-order valence-electron chi connectivity index (χ3n) is 4.45. The van der Waals surface area contributed by atoms with Crippen molar-refractivity contribution >= 4 is 16.0 Å². The first-order valence-corrected chi connectivity index (χ1v) is 10.7. The van der Waals surface area contributed by atoms with Crippen molar-refractivity contribution in [3.8, 4) is 5.75 Å². The summed E-state index contributed by atoms with van der Waals surface area (Å²) in [4.78, 5) is 14.8. The lowest BCUT2D eigenvalue weighted by atomic mass is 10.0. The van der Waals surface area contributed by atoms with E-state index in [0.717, 1.165) is 31.2 Å². The fourth-order valence-corrected chi connectivity index (χ4v) is 3.74. The Balaban J connectivity index is 2.13. The van der Waals surface area contributed by atoms with Gasteiger partial charge in [0.1, 0.15) is 5.75 Å². The van der Waals surface area contributed by atoms with E-state index in [2.05, 4.69) is 13.8 Å². The van der Waals surface area contributed by atoms with E-state index >= 15 is 0 Å². The third-order valence-corrected chi connectivity index (χ3v) is 5.60. The van der Waals surface area contributed by atoms with Crippen LogP contribution in [-0.2, 0) is 21.5 Å². The molecule has 0 heterocycles. The first-order valence-electron chi connectivity index (χ1n) is 9.10. The standard InChI is InChI=1S/C19H29NO4S/c1-4-25(22,23)24-18-11-7-8-16(12-18)14-20(13-15(2)3)19(21)17-9-5-6-10-17/h7-8,11-12,15,17H,4-6,9-10,13-14H2,1-3H3. The van der Waals surface area contributed by atoms with Crippen molar-refractivity contribution in [2.45, 2.75) is 53.0 Å². The van der Waals surface area contributed by atoms with Gasteiger partial charge in [-0.3, -0.25) is 4.79 Å². The summed E-state index contributed by atoms with van der Waals surface area (Å²) in [7, 11) is -3.55. The summed E-state index contributed by atoms with van der Waals surface area (Å²) >= 11 is 0. The molecule has 1 saturated carbocycles. The molecule has 2 rings (SSSR count). The van der Waals surface area contributed by atoms with E-state index in [1.54, 1.807) is 25.1 Å². The van der Waals surface area contributed by atoms with Gasteiger partial charge in [0, 0.05) is 19.0 Å². The highest BCUT2D eigenvalue weighted by molar-refractivity contribution is 7.87. The van der Waals surface area contributed by atoms with E-state index in [9.17, 15) is 13.2 Å². The molecule has 1 aliphatic carbocycles. The highest BCUT2D eigenvalue weighted by atomic mass is 32.2. The lowest BCUT2D eigenvalue weighted by Crippen LogP contribution is -2.37. The molecule has 0 spiro atoms. The highest BCUT2D eigenvalue weighted by Gasteiger charge is 2.27. The number of carbonyl (C=O) groups is 1. The van der Waals surface area contributed by atoms with Gasteiger partial charge < -0.3 is 9.08 Å². The largest absolute Gasteiger partial charge is 0.382 e. The first-order chi connectivity index (χ1) is 11.8. The van der Waals surface area contributed by atoms with Crippen LogP contribution < -0.4 is 4.18 Å². The summed E-state index contributed by atoms with van der Waals surface area (Å²) in [5.41, 5.74) is 0.885. The first kappa shape index (κ1) is 19.8. The van der Waals surface area contributed by atoms with Crippen molar-refractivity contribution in [2.75, 3.05) is 12.3 Å². The maximum absolute atomic E-state index is 12.8. The minimum atomic E-state index is -3.55. The SMILES string of the molecule is CCS(=O)(=O)Oc1cccc(CN(CC(C)C)C(=O)C2CCCC2)c1. The summed E-state index contributed by atoms with van der Waals surface area (Å²) < 4.78 is 28.4. The van der Waals surface area contributed by atoms with Crippen LogP contribution in [0, 0.1) is 11.8 Å². The summed E-state index contributed by atoms with van der Waals surface area (Å²) in [6.07, 6.45) is 4.21. The zero-order valence-corrected chi connectivity index (χ0v) is 16.2. The minimum Gasteiger partial charge on any atom is -0.382 e. The normalized spacial score (nSPS) is 15.5. The molecule has 1 aromatic rings. The number of benzene rings is 1. The second-order valence-electron chi connectivity index (χ2n) is 7.17. The molecule has 0 bridgehead atoms. The lowest BCUT2D eigenvalue weighted by Gasteiger charge is -2.27. The van der Waals surface area contributed by atoms with Gasteiger partial charge in [-0.25, -0.2) is 0 Å². The molecule has 0 N–H and O–H groups in total. The lowest BCUT2D eigenvalue weighted by molar-refractivity contribution is -0.136. The van der Waals surface area contributed by atoms with Crippen LogP contribution in [-0.4, -0.2) is 31.5 Å². The molecule has 6 heteroatoms. The van der Waals surface area contributed by atoms with Gasteiger partial charge in [-0.2, -0.15) is 8.42 Å². The molecule has 0 aliphatic heterocycles. The third kappa shape index (κ3) is 6.03. The number of nitrogens with zero attached hydrogens (tertiary/aromatic N) is 1. The van der Waals surface area contributed by atoms with E-state index in [-0.39, 0.29) is 17.6 Å². The fourth-order valence-electron chi connectivity index (χ4n) is 3.23. The van der Waals surface area contributed by atoms with Gasteiger partial charge in [0.05, 0.1) is 5.75 Å². The molecule has 0 unspecified atom stereocenters. The molecule has 0 aromatic heterocycles. The maximum Gasteiger partial charge on any atom is 0.308 e. The fraction of sp³-hybridized carbons (Fsp3) is 0.632. The molecular formula is C19H29NO4S. The Morgan fingerprint density at radius 1 is 1.28 bits per heavy atom. The smallest absolute Gasteiger partial charge is 0.308 e. The summed E-state index contributed by atoms with van der Waals surface area (Å²) in [5.74, 6) is 0.969. The molecule has 1 aromatic carbocycles. The Labute approximate surface area is 151 Å². The number of carbonyl (C=O) groups excluding carboxylic acids is 1. The predicted molar refractivity (Wildman–Crippen MR) is 98.7 cm³/mol. The summed E-state index contributed by atoms with van der Waals surface area (Å²) in [6.45, 7) is 6.93. The Morgan fingerprint density at radius 3 is 2.56 bits per heavy atom. The van der Waals surface area contributed by atoms with Crippen molar-refractivity contribution in [1.29, 1.82) is 0 Å². The van der Waals surface area contributed by atoms with Crippen LogP contribution in [0.2, 0.25) is 0 Å².